The van der Waals surface area contributed by atoms with E-state index in [2.05, 4.69) is 15.9 Å². The molecule has 0 saturated heterocycles. The zero-order valence-corrected chi connectivity index (χ0v) is 8.56. The number of hydrogen-bond donors (Lipinski definition) is 2. The lowest BCUT2D eigenvalue weighted by Crippen LogP contribution is -2.06. The number of hydrogen-bond acceptors (Lipinski definition) is 3. The first kappa shape index (κ1) is 10.4. The van der Waals surface area contributed by atoms with Crippen molar-refractivity contribution in [2.75, 3.05) is 7.11 Å². The zero-order chi connectivity index (χ0) is 9.84. The van der Waals surface area contributed by atoms with Crippen molar-refractivity contribution < 1.29 is 14.3 Å². The molecule has 5 heteroatoms. The van der Waals surface area contributed by atoms with Crippen molar-refractivity contribution in [2.24, 2.45) is 0 Å². The van der Waals surface area contributed by atoms with Crippen molar-refractivity contribution in [2.45, 2.75) is 6.54 Å². The van der Waals surface area contributed by atoms with Crippen LogP contribution in [0.3, 0.4) is 0 Å². The predicted octanol–water partition coefficient (Wildman–Crippen LogP) is 2.08. The third kappa shape index (κ3) is 2.40. The Hall–Kier alpha value is -0.650. The summed E-state index contributed by atoms with van der Waals surface area (Å²) in [5.41, 5.74) is 2.58. The third-order valence-corrected chi connectivity index (χ3v) is 2.13. The molecule has 0 atom stereocenters. The van der Waals surface area contributed by atoms with Crippen molar-refractivity contribution in [1.82, 2.24) is 5.48 Å². The van der Waals surface area contributed by atoms with Crippen LogP contribution in [0.5, 0.6) is 5.75 Å². The molecule has 0 aromatic heterocycles. The quantitative estimate of drug-likeness (QED) is 0.807. The topological polar surface area (TPSA) is 41.5 Å². The second-order valence-electron chi connectivity index (χ2n) is 2.43. The summed E-state index contributed by atoms with van der Waals surface area (Å²) >= 11 is 3.15. The van der Waals surface area contributed by atoms with E-state index >= 15 is 0 Å². The van der Waals surface area contributed by atoms with E-state index < -0.39 is 5.82 Å². The molecule has 0 aliphatic carbocycles. The van der Waals surface area contributed by atoms with Gasteiger partial charge in [-0.1, -0.05) is 0 Å². The van der Waals surface area contributed by atoms with Crippen LogP contribution in [0, 0.1) is 5.82 Å². The largest absolute Gasteiger partial charge is 0.492 e. The van der Waals surface area contributed by atoms with Crippen LogP contribution < -0.4 is 10.2 Å². The molecule has 0 amide bonds. The third-order valence-electron chi connectivity index (χ3n) is 1.55. The van der Waals surface area contributed by atoms with Gasteiger partial charge < -0.3 is 9.94 Å². The fourth-order valence-corrected chi connectivity index (χ4v) is 1.65. The standard InChI is InChI=1S/C8H9BrFNO2/c1-13-8-6(9)2-5(4-11-12)3-7(8)10/h2-3,11-12H,4H2,1H3. The Balaban J connectivity index is 3.05. The monoisotopic (exact) mass is 249 g/mol. The number of hydroxylamine groups is 1. The van der Waals surface area contributed by atoms with Gasteiger partial charge in [0.15, 0.2) is 11.6 Å². The number of ether oxygens (including phenoxy) is 1. The van der Waals surface area contributed by atoms with Crippen LogP contribution in [0.2, 0.25) is 0 Å². The second kappa shape index (κ2) is 4.55. The highest BCUT2D eigenvalue weighted by atomic mass is 79.9. The van der Waals surface area contributed by atoms with Crippen LogP contribution in [0.15, 0.2) is 16.6 Å². The Kier molecular flexibility index (Phi) is 3.65. The van der Waals surface area contributed by atoms with Gasteiger partial charge in [-0.05, 0) is 33.6 Å². The molecular formula is C8H9BrFNO2. The molecule has 1 aromatic carbocycles. The van der Waals surface area contributed by atoms with Gasteiger partial charge in [-0.15, -0.1) is 0 Å². The molecule has 3 nitrogen and oxygen atoms in total. The van der Waals surface area contributed by atoms with Crippen LogP contribution in [0.1, 0.15) is 5.56 Å². The highest BCUT2D eigenvalue weighted by Gasteiger charge is 2.08. The molecule has 1 aromatic rings. The number of halogens is 2. The Morgan fingerprint density at radius 1 is 1.62 bits per heavy atom. The number of nitrogens with one attached hydrogen (secondary N) is 1. The van der Waals surface area contributed by atoms with Crippen molar-refractivity contribution in [3.63, 3.8) is 0 Å². The van der Waals surface area contributed by atoms with Gasteiger partial charge in [0.2, 0.25) is 0 Å². The van der Waals surface area contributed by atoms with Crippen molar-refractivity contribution in [3.05, 3.63) is 28.0 Å². The summed E-state index contributed by atoms with van der Waals surface area (Å²) in [6.45, 7) is 0.194. The number of benzene rings is 1. The van der Waals surface area contributed by atoms with Crippen molar-refractivity contribution in [1.29, 1.82) is 0 Å². The molecule has 0 saturated carbocycles. The smallest absolute Gasteiger partial charge is 0.168 e. The molecule has 0 aliphatic rings. The molecule has 0 unspecified atom stereocenters. The molecule has 2 N–H and O–H groups in total. The van der Waals surface area contributed by atoms with Gasteiger partial charge in [-0.2, -0.15) is 0 Å². The molecule has 0 bridgehead atoms. The molecule has 0 aliphatic heterocycles. The molecule has 0 spiro atoms. The average molecular weight is 250 g/mol. The lowest BCUT2D eigenvalue weighted by atomic mass is 10.2. The first-order chi connectivity index (χ1) is 6.19. The molecule has 1 rings (SSSR count). The summed E-state index contributed by atoms with van der Waals surface area (Å²) in [5.74, 6) is -0.288. The SMILES string of the molecule is COc1c(F)cc(CNO)cc1Br. The normalized spacial score (nSPS) is 10.2. The fraction of sp³-hybridized carbons (Fsp3) is 0.250. The maximum Gasteiger partial charge on any atom is 0.168 e. The van der Waals surface area contributed by atoms with E-state index in [0.29, 0.717) is 10.0 Å². The van der Waals surface area contributed by atoms with E-state index in [1.54, 1.807) is 6.07 Å². The van der Waals surface area contributed by atoms with E-state index in [-0.39, 0.29) is 12.3 Å². The Morgan fingerprint density at radius 3 is 2.77 bits per heavy atom. The van der Waals surface area contributed by atoms with Gasteiger partial charge in [-0.25, -0.2) is 9.87 Å². The Bertz CT molecular complexity index is 283. The number of rotatable bonds is 3. The average Bonchev–Trinajstić information content (AvgIpc) is 2.04. The molecular weight excluding hydrogens is 241 g/mol. The summed E-state index contributed by atoms with van der Waals surface area (Å²) in [6, 6.07) is 2.97. The van der Waals surface area contributed by atoms with E-state index in [1.807, 2.05) is 5.48 Å². The van der Waals surface area contributed by atoms with Crippen molar-refractivity contribution in [3.8, 4) is 5.75 Å². The summed E-state index contributed by atoms with van der Waals surface area (Å²) in [4.78, 5) is 0. The molecule has 0 radical (unpaired) electrons. The number of methoxy groups -OCH3 is 1. The molecule has 13 heavy (non-hydrogen) atoms. The van der Waals surface area contributed by atoms with E-state index in [1.165, 1.54) is 13.2 Å². The first-order valence-electron chi connectivity index (χ1n) is 3.58. The highest BCUT2D eigenvalue weighted by Crippen LogP contribution is 2.29. The minimum absolute atomic E-state index is 0.168. The minimum Gasteiger partial charge on any atom is -0.492 e. The molecule has 0 fully saturated rings. The lowest BCUT2D eigenvalue weighted by molar-refractivity contribution is 0.161. The fourth-order valence-electron chi connectivity index (χ4n) is 1.00. The minimum atomic E-state index is -0.456. The Labute approximate surface area is 83.6 Å². The predicted molar refractivity (Wildman–Crippen MR) is 49.3 cm³/mol. The van der Waals surface area contributed by atoms with Crippen LogP contribution >= 0.6 is 15.9 Å². The molecule has 0 heterocycles. The van der Waals surface area contributed by atoms with Gasteiger partial charge in [0.05, 0.1) is 11.6 Å². The zero-order valence-electron chi connectivity index (χ0n) is 6.97. The van der Waals surface area contributed by atoms with Crippen LogP contribution in [0.4, 0.5) is 4.39 Å². The summed E-state index contributed by atoms with van der Waals surface area (Å²) < 4.78 is 18.5. The van der Waals surface area contributed by atoms with Crippen LogP contribution in [-0.2, 0) is 6.54 Å². The van der Waals surface area contributed by atoms with E-state index in [9.17, 15) is 4.39 Å². The van der Waals surface area contributed by atoms with Gasteiger partial charge in [0.25, 0.3) is 0 Å². The molecule has 72 valence electrons. The van der Waals surface area contributed by atoms with Gasteiger partial charge in [0, 0.05) is 6.54 Å². The van der Waals surface area contributed by atoms with Gasteiger partial charge in [0.1, 0.15) is 0 Å². The first-order valence-corrected chi connectivity index (χ1v) is 4.37. The van der Waals surface area contributed by atoms with Gasteiger partial charge >= 0.3 is 0 Å². The maximum absolute atomic E-state index is 13.2. The van der Waals surface area contributed by atoms with Crippen LogP contribution in [-0.4, -0.2) is 12.3 Å². The second-order valence-corrected chi connectivity index (χ2v) is 3.28. The highest BCUT2D eigenvalue weighted by molar-refractivity contribution is 9.10. The van der Waals surface area contributed by atoms with Gasteiger partial charge in [-0.3, -0.25) is 0 Å². The Morgan fingerprint density at radius 2 is 2.31 bits per heavy atom. The summed E-state index contributed by atoms with van der Waals surface area (Å²) in [6.07, 6.45) is 0. The summed E-state index contributed by atoms with van der Waals surface area (Å²) in [7, 11) is 1.40. The maximum atomic E-state index is 13.2. The van der Waals surface area contributed by atoms with E-state index in [4.69, 9.17) is 9.94 Å². The van der Waals surface area contributed by atoms with Crippen LogP contribution in [0.25, 0.3) is 0 Å². The lowest BCUT2D eigenvalue weighted by Gasteiger charge is -2.07. The summed E-state index contributed by atoms with van der Waals surface area (Å²) in [5, 5.41) is 8.41. The van der Waals surface area contributed by atoms with E-state index in [0.717, 1.165) is 0 Å². The van der Waals surface area contributed by atoms with Crippen molar-refractivity contribution >= 4 is 15.9 Å².